The highest BCUT2D eigenvalue weighted by molar-refractivity contribution is 7.80. The lowest BCUT2D eigenvalue weighted by molar-refractivity contribution is -0.385. The monoisotopic (exact) mass is 433 g/mol. The normalized spacial score (nSPS) is 15.4. The van der Waals surface area contributed by atoms with Crippen molar-refractivity contribution in [2.24, 2.45) is 0 Å². The first-order valence-corrected chi connectivity index (χ1v) is 8.74. The first kappa shape index (κ1) is 20.2. The second kappa shape index (κ2) is 7.86. The molecule has 1 saturated heterocycles. The van der Waals surface area contributed by atoms with Gasteiger partial charge >= 0.3 is 5.69 Å². The van der Waals surface area contributed by atoms with Crippen LogP contribution in [0.1, 0.15) is 5.56 Å². The van der Waals surface area contributed by atoms with Gasteiger partial charge in [-0.25, -0.2) is 0 Å². The van der Waals surface area contributed by atoms with Gasteiger partial charge in [0.2, 0.25) is 5.75 Å². The lowest BCUT2D eigenvalue weighted by Gasteiger charge is -2.29. The molecule has 0 aliphatic carbocycles. The molecule has 2 amide bonds. The van der Waals surface area contributed by atoms with Gasteiger partial charge in [0.1, 0.15) is 11.3 Å². The third-order valence-corrected chi connectivity index (χ3v) is 4.55. The summed E-state index contributed by atoms with van der Waals surface area (Å²) in [4.78, 5) is 36.8. The summed E-state index contributed by atoms with van der Waals surface area (Å²) in [6.07, 6.45) is 1.05. The minimum atomic E-state index is -0.803. The van der Waals surface area contributed by atoms with E-state index < -0.39 is 28.2 Å². The average molecular weight is 434 g/mol. The number of rotatable bonds is 4. The number of anilines is 1. The standard InChI is InChI=1S/C18H12ClN3O6S/c1-28-15-8-14(23)9(7-13(15)22(26)27)6-12-16(24)20-18(29)21(17(12)25)11-4-2-10(19)3-5-11/h2-8,23H,1H3,(H,20,24,29). The zero-order valence-electron chi connectivity index (χ0n) is 14.7. The Bertz CT molecular complexity index is 1080. The second-order valence-corrected chi connectivity index (χ2v) is 6.60. The van der Waals surface area contributed by atoms with Crippen LogP contribution in [-0.4, -0.2) is 34.1 Å². The fraction of sp³-hybridized carbons (Fsp3) is 0.0556. The van der Waals surface area contributed by atoms with E-state index in [1.54, 1.807) is 12.1 Å². The van der Waals surface area contributed by atoms with Crippen LogP contribution in [0.5, 0.6) is 11.5 Å². The third kappa shape index (κ3) is 3.89. The maximum Gasteiger partial charge on any atom is 0.311 e. The lowest BCUT2D eigenvalue weighted by Crippen LogP contribution is -2.54. The van der Waals surface area contributed by atoms with Crippen LogP contribution < -0.4 is 15.0 Å². The number of carbonyl (C=O) groups is 2. The topological polar surface area (TPSA) is 122 Å². The highest BCUT2D eigenvalue weighted by atomic mass is 35.5. The van der Waals surface area contributed by atoms with Crippen molar-refractivity contribution in [3.63, 3.8) is 0 Å². The number of aromatic hydroxyl groups is 1. The molecule has 0 saturated carbocycles. The predicted molar refractivity (Wildman–Crippen MR) is 109 cm³/mol. The van der Waals surface area contributed by atoms with Crippen molar-refractivity contribution >= 4 is 58.2 Å². The van der Waals surface area contributed by atoms with Gasteiger partial charge in [0.25, 0.3) is 11.8 Å². The van der Waals surface area contributed by atoms with Gasteiger partial charge in [-0.15, -0.1) is 0 Å². The summed E-state index contributed by atoms with van der Waals surface area (Å²) in [6.45, 7) is 0. The smallest absolute Gasteiger partial charge is 0.311 e. The lowest BCUT2D eigenvalue weighted by atomic mass is 10.0. The number of amides is 2. The van der Waals surface area contributed by atoms with Crippen LogP contribution in [0.3, 0.4) is 0 Å². The van der Waals surface area contributed by atoms with Crippen molar-refractivity contribution in [2.45, 2.75) is 0 Å². The van der Waals surface area contributed by atoms with E-state index in [2.05, 4.69) is 5.32 Å². The summed E-state index contributed by atoms with van der Waals surface area (Å²) in [5, 5.41) is 24.1. The Morgan fingerprint density at radius 2 is 1.93 bits per heavy atom. The number of halogens is 1. The molecule has 0 unspecified atom stereocenters. The van der Waals surface area contributed by atoms with E-state index in [0.717, 1.165) is 23.1 Å². The minimum Gasteiger partial charge on any atom is -0.507 e. The zero-order chi connectivity index (χ0) is 21.3. The van der Waals surface area contributed by atoms with Gasteiger partial charge in [-0.3, -0.25) is 29.9 Å². The van der Waals surface area contributed by atoms with Crippen LogP contribution >= 0.6 is 23.8 Å². The molecule has 11 heteroatoms. The van der Waals surface area contributed by atoms with E-state index in [-0.39, 0.29) is 22.0 Å². The summed E-state index contributed by atoms with van der Waals surface area (Å²) in [6, 6.07) is 8.20. The highest BCUT2D eigenvalue weighted by Crippen LogP contribution is 2.35. The third-order valence-electron chi connectivity index (χ3n) is 4.01. The number of nitrogens with one attached hydrogen (secondary N) is 1. The van der Waals surface area contributed by atoms with E-state index >= 15 is 0 Å². The molecule has 0 aromatic heterocycles. The van der Waals surface area contributed by atoms with E-state index in [9.17, 15) is 24.8 Å². The Labute approximate surface area is 174 Å². The predicted octanol–water partition coefficient (Wildman–Crippen LogP) is 2.79. The average Bonchev–Trinajstić information content (AvgIpc) is 2.67. The van der Waals surface area contributed by atoms with Crippen LogP contribution in [0, 0.1) is 10.1 Å². The molecule has 0 spiro atoms. The molecule has 1 aliphatic heterocycles. The minimum absolute atomic E-state index is 0.111. The number of phenols is 1. The summed E-state index contributed by atoms with van der Waals surface area (Å²) >= 11 is 10.9. The van der Waals surface area contributed by atoms with Crippen LogP contribution in [-0.2, 0) is 9.59 Å². The zero-order valence-corrected chi connectivity index (χ0v) is 16.3. The number of thiocarbonyl (C=S) groups is 1. The van der Waals surface area contributed by atoms with Gasteiger partial charge in [-0.2, -0.15) is 0 Å². The largest absolute Gasteiger partial charge is 0.507 e. The molecule has 3 rings (SSSR count). The van der Waals surface area contributed by atoms with E-state index in [1.165, 1.54) is 19.2 Å². The molecule has 2 aromatic carbocycles. The molecule has 9 nitrogen and oxygen atoms in total. The summed E-state index contributed by atoms with van der Waals surface area (Å²) < 4.78 is 4.87. The highest BCUT2D eigenvalue weighted by Gasteiger charge is 2.35. The number of hydrogen-bond donors (Lipinski definition) is 2. The Hall–Kier alpha value is -3.50. The number of benzene rings is 2. The fourth-order valence-electron chi connectivity index (χ4n) is 2.63. The molecule has 0 radical (unpaired) electrons. The maximum absolute atomic E-state index is 12.9. The molecule has 0 bridgehead atoms. The second-order valence-electron chi connectivity index (χ2n) is 5.77. The van der Waals surface area contributed by atoms with Gasteiger partial charge in [0.05, 0.1) is 17.7 Å². The van der Waals surface area contributed by atoms with Crippen LogP contribution in [0.25, 0.3) is 6.08 Å². The summed E-state index contributed by atoms with van der Waals surface area (Å²) in [7, 11) is 1.21. The first-order chi connectivity index (χ1) is 13.7. The maximum atomic E-state index is 12.9. The van der Waals surface area contributed by atoms with Crippen LogP contribution in [0.15, 0.2) is 42.0 Å². The Morgan fingerprint density at radius 1 is 1.28 bits per heavy atom. The van der Waals surface area contributed by atoms with E-state index in [1.807, 2.05) is 0 Å². The molecule has 0 atom stereocenters. The number of methoxy groups -OCH3 is 1. The molecule has 1 heterocycles. The van der Waals surface area contributed by atoms with Gasteiger partial charge in [-0.1, -0.05) is 11.6 Å². The molecular weight excluding hydrogens is 422 g/mol. The van der Waals surface area contributed by atoms with Crippen molar-refractivity contribution < 1.29 is 24.4 Å². The quantitative estimate of drug-likeness (QED) is 0.250. The number of nitro groups is 1. The van der Waals surface area contributed by atoms with Crippen molar-refractivity contribution in [1.82, 2.24) is 5.32 Å². The van der Waals surface area contributed by atoms with E-state index in [0.29, 0.717) is 10.7 Å². The van der Waals surface area contributed by atoms with Gasteiger partial charge in [0, 0.05) is 22.7 Å². The molecule has 148 valence electrons. The van der Waals surface area contributed by atoms with Crippen LogP contribution in [0.2, 0.25) is 5.02 Å². The van der Waals surface area contributed by atoms with Crippen molar-refractivity contribution in [3.05, 3.63) is 62.7 Å². The molecular formula is C18H12ClN3O6S. The molecule has 1 aliphatic rings. The van der Waals surface area contributed by atoms with E-state index in [4.69, 9.17) is 28.6 Å². The molecule has 1 fully saturated rings. The Kier molecular flexibility index (Phi) is 5.48. The Balaban J connectivity index is 2.08. The van der Waals surface area contributed by atoms with Gasteiger partial charge < -0.3 is 9.84 Å². The molecule has 2 aromatic rings. The number of hydrogen-bond acceptors (Lipinski definition) is 7. The summed E-state index contributed by atoms with van der Waals surface area (Å²) in [5.41, 5.74) is -0.561. The Morgan fingerprint density at radius 3 is 2.52 bits per heavy atom. The molecule has 29 heavy (non-hydrogen) atoms. The summed E-state index contributed by atoms with van der Waals surface area (Å²) in [5.74, 6) is -2.15. The molecule has 2 N–H and O–H groups in total. The van der Waals surface area contributed by atoms with Crippen molar-refractivity contribution in [1.29, 1.82) is 0 Å². The number of nitro benzene ring substituents is 1. The van der Waals surface area contributed by atoms with Gasteiger partial charge in [0.15, 0.2) is 5.11 Å². The number of carbonyl (C=O) groups excluding carboxylic acids is 2. The van der Waals surface area contributed by atoms with Crippen LogP contribution in [0.4, 0.5) is 11.4 Å². The van der Waals surface area contributed by atoms with Crippen molar-refractivity contribution in [2.75, 3.05) is 12.0 Å². The number of nitrogens with zero attached hydrogens (tertiary/aromatic N) is 2. The SMILES string of the molecule is COc1cc(O)c(C=C2C(=O)NC(=S)N(c3ccc(Cl)cc3)C2=O)cc1[N+](=O)[O-]. The fourth-order valence-corrected chi connectivity index (χ4v) is 3.04. The first-order valence-electron chi connectivity index (χ1n) is 7.95. The van der Waals surface area contributed by atoms with Gasteiger partial charge in [-0.05, 0) is 42.6 Å². The van der Waals surface area contributed by atoms with Crippen molar-refractivity contribution in [3.8, 4) is 11.5 Å². The number of ether oxygens (including phenoxy) is 1. The number of phenolic OH excluding ortho intramolecular Hbond substituents is 1.